The monoisotopic (exact) mass is 238 g/mol. The molecule has 0 amide bonds. The van der Waals surface area contributed by atoms with Crippen LogP contribution in [0.15, 0.2) is 5.38 Å². The second kappa shape index (κ2) is 4.11. The van der Waals surface area contributed by atoms with Crippen molar-refractivity contribution in [3.05, 3.63) is 16.1 Å². The Morgan fingerprint density at radius 2 is 2.12 bits per heavy atom. The quantitative estimate of drug-likeness (QED) is 0.875. The minimum Gasteiger partial charge on any atom is -0.319 e. The van der Waals surface area contributed by atoms with Crippen molar-refractivity contribution in [2.24, 2.45) is 0 Å². The van der Waals surface area contributed by atoms with Gasteiger partial charge in [0.2, 0.25) is 0 Å². The number of nitrogens with zero attached hydrogens (tertiary/aromatic N) is 1. The molecule has 1 aromatic rings. The van der Waals surface area contributed by atoms with Gasteiger partial charge in [0.05, 0.1) is 5.69 Å². The smallest absolute Gasteiger partial charge is 0.100 e. The van der Waals surface area contributed by atoms with Crippen LogP contribution >= 0.6 is 11.3 Å². The molecular formula is C13H22N2S. The molecule has 0 aromatic carbocycles. The highest BCUT2D eigenvalue weighted by atomic mass is 32.1. The summed E-state index contributed by atoms with van der Waals surface area (Å²) in [7, 11) is 2.04. The Labute approximate surface area is 102 Å². The molecule has 0 radical (unpaired) electrons. The van der Waals surface area contributed by atoms with E-state index in [1.54, 1.807) is 0 Å². The predicted octanol–water partition coefficient (Wildman–Crippen LogP) is 3.08. The summed E-state index contributed by atoms with van der Waals surface area (Å²) < 4.78 is 0. The molecule has 2 rings (SSSR count). The number of hydrogen-bond donors (Lipinski definition) is 1. The van der Waals surface area contributed by atoms with Gasteiger partial charge in [-0.1, -0.05) is 27.2 Å². The van der Waals surface area contributed by atoms with Crippen LogP contribution in [0.25, 0.3) is 0 Å². The first-order valence-electron chi connectivity index (χ1n) is 6.09. The molecule has 1 N–H and O–H groups in total. The lowest BCUT2D eigenvalue weighted by atomic mass is 9.69. The number of likely N-dealkylation sites (N-methyl/N-ethyl adjacent to an activating group) is 1. The lowest BCUT2D eigenvalue weighted by Gasteiger charge is -2.40. The van der Waals surface area contributed by atoms with E-state index in [9.17, 15) is 0 Å². The highest BCUT2D eigenvalue weighted by molar-refractivity contribution is 7.09. The zero-order chi connectivity index (χ0) is 11.8. The fourth-order valence-corrected chi connectivity index (χ4v) is 3.58. The molecule has 0 unspecified atom stereocenters. The van der Waals surface area contributed by atoms with Gasteiger partial charge in [-0.05, 0) is 19.9 Å². The topological polar surface area (TPSA) is 24.9 Å². The molecule has 0 aliphatic heterocycles. The van der Waals surface area contributed by atoms with E-state index in [-0.39, 0.29) is 5.41 Å². The summed E-state index contributed by atoms with van der Waals surface area (Å²) in [6, 6.07) is 0. The molecule has 1 aromatic heterocycles. The molecule has 90 valence electrons. The standard InChI is InChI=1S/C13H22N2S/c1-12(2,3)10-8-16-11(15-10)13(9-14-4)6-5-7-13/h8,14H,5-7,9H2,1-4H3. The van der Waals surface area contributed by atoms with Crippen LogP contribution in [-0.2, 0) is 10.8 Å². The van der Waals surface area contributed by atoms with Crippen LogP contribution in [0.5, 0.6) is 0 Å². The Balaban J connectivity index is 2.24. The van der Waals surface area contributed by atoms with E-state index in [0.29, 0.717) is 5.41 Å². The van der Waals surface area contributed by atoms with Gasteiger partial charge in [0.15, 0.2) is 0 Å². The van der Waals surface area contributed by atoms with Crippen molar-refractivity contribution in [2.45, 2.75) is 50.9 Å². The van der Waals surface area contributed by atoms with Gasteiger partial charge in [-0.15, -0.1) is 11.3 Å². The van der Waals surface area contributed by atoms with Crippen molar-refractivity contribution in [3.8, 4) is 0 Å². The molecule has 0 bridgehead atoms. The Kier molecular flexibility index (Phi) is 3.10. The molecule has 0 saturated heterocycles. The van der Waals surface area contributed by atoms with E-state index in [0.717, 1.165) is 6.54 Å². The molecule has 0 atom stereocenters. The van der Waals surface area contributed by atoms with E-state index in [1.165, 1.54) is 30.0 Å². The van der Waals surface area contributed by atoms with E-state index in [1.807, 2.05) is 18.4 Å². The average Bonchev–Trinajstić information content (AvgIpc) is 2.59. The van der Waals surface area contributed by atoms with Gasteiger partial charge in [-0.2, -0.15) is 0 Å². The largest absolute Gasteiger partial charge is 0.319 e. The molecule has 16 heavy (non-hydrogen) atoms. The van der Waals surface area contributed by atoms with Crippen LogP contribution in [0.4, 0.5) is 0 Å². The van der Waals surface area contributed by atoms with E-state index < -0.39 is 0 Å². The molecule has 1 fully saturated rings. The van der Waals surface area contributed by atoms with Gasteiger partial charge in [0.25, 0.3) is 0 Å². The minimum absolute atomic E-state index is 0.180. The van der Waals surface area contributed by atoms with Gasteiger partial charge in [-0.25, -0.2) is 4.98 Å². The van der Waals surface area contributed by atoms with Crippen LogP contribution in [-0.4, -0.2) is 18.6 Å². The van der Waals surface area contributed by atoms with Crippen LogP contribution in [0.3, 0.4) is 0 Å². The van der Waals surface area contributed by atoms with Crippen molar-refractivity contribution in [3.63, 3.8) is 0 Å². The molecule has 2 nitrogen and oxygen atoms in total. The lowest BCUT2D eigenvalue weighted by molar-refractivity contribution is 0.237. The van der Waals surface area contributed by atoms with Crippen molar-refractivity contribution >= 4 is 11.3 Å². The third-order valence-corrected chi connectivity index (χ3v) is 4.64. The zero-order valence-corrected chi connectivity index (χ0v) is 11.6. The van der Waals surface area contributed by atoms with Gasteiger partial charge in [0.1, 0.15) is 5.01 Å². The Bertz CT molecular complexity index is 358. The van der Waals surface area contributed by atoms with Gasteiger partial charge in [0, 0.05) is 22.8 Å². The van der Waals surface area contributed by atoms with Crippen molar-refractivity contribution in [1.82, 2.24) is 10.3 Å². The third-order valence-electron chi connectivity index (χ3n) is 3.55. The normalized spacial score (nSPS) is 19.5. The van der Waals surface area contributed by atoms with Crippen LogP contribution in [0, 0.1) is 0 Å². The van der Waals surface area contributed by atoms with E-state index in [4.69, 9.17) is 4.98 Å². The predicted molar refractivity (Wildman–Crippen MR) is 70.3 cm³/mol. The Morgan fingerprint density at radius 1 is 1.44 bits per heavy atom. The highest BCUT2D eigenvalue weighted by Gasteiger charge is 2.41. The lowest BCUT2D eigenvalue weighted by Crippen LogP contribution is -2.42. The summed E-state index contributed by atoms with van der Waals surface area (Å²) >= 11 is 1.85. The first-order valence-corrected chi connectivity index (χ1v) is 6.97. The van der Waals surface area contributed by atoms with E-state index in [2.05, 4.69) is 31.5 Å². The van der Waals surface area contributed by atoms with Crippen LogP contribution < -0.4 is 5.32 Å². The summed E-state index contributed by atoms with van der Waals surface area (Å²) in [6.07, 6.45) is 3.95. The van der Waals surface area contributed by atoms with Gasteiger partial charge < -0.3 is 5.32 Å². The molecule has 1 heterocycles. The summed E-state index contributed by atoms with van der Waals surface area (Å²) in [6.45, 7) is 7.77. The fraction of sp³-hybridized carbons (Fsp3) is 0.769. The maximum atomic E-state index is 4.87. The molecule has 1 aliphatic rings. The van der Waals surface area contributed by atoms with Crippen LogP contribution in [0.1, 0.15) is 50.7 Å². The van der Waals surface area contributed by atoms with Crippen molar-refractivity contribution in [2.75, 3.05) is 13.6 Å². The first-order chi connectivity index (χ1) is 7.48. The number of aromatic nitrogens is 1. The second-order valence-corrected chi connectivity index (χ2v) is 6.81. The summed E-state index contributed by atoms with van der Waals surface area (Å²) in [5.41, 5.74) is 1.78. The SMILES string of the molecule is CNCC1(c2nc(C(C)(C)C)cs2)CCC1. The maximum Gasteiger partial charge on any atom is 0.100 e. The number of hydrogen-bond acceptors (Lipinski definition) is 3. The summed E-state index contributed by atoms with van der Waals surface area (Å²) in [5, 5.41) is 6.91. The Morgan fingerprint density at radius 3 is 2.50 bits per heavy atom. The molecule has 1 aliphatic carbocycles. The summed E-state index contributed by atoms with van der Waals surface area (Å²) in [4.78, 5) is 4.87. The molecular weight excluding hydrogens is 216 g/mol. The van der Waals surface area contributed by atoms with Crippen LogP contribution in [0.2, 0.25) is 0 Å². The average molecular weight is 238 g/mol. The van der Waals surface area contributed by atoms with Crippen molar-refractivity contribution < 1.29 is 0 Å². The first kappa shape index (κ1) is 12.1. The maximum absolute atomic E-state index is 4.87. The second-order valence-electron chi connectivity index (χ2n) is 5.95. The highest BCUT2D eigenvalue weighted by Crippen LogP contribution is 2.45. The number of nitrogens with one attached hydrogen (secondary N) is 1. The van der Waals surface area contributed by atoms with Gasteiger partial charge in [-0.3, -0.25) is 0 Å². The fourth-order valence-electron chi connectivity index (χ4n) is 2.27. The molecule has 0 spiro atoms. The molecule has 3 heteroatoms. The van der Waals surface area contributed by atoms with E-state index >= 15 is 0 Å². The Hall–Kier alpha value is -0.410. The molecule has 1 saturated carbocycles. The zero-order valence-electron chi connectivity index (χ0n) is 10.8. The van der Waals surface area contributed by atoms with Gasteiger partial charge >= 0.3 is 0 Å². The number of rotatable bonds is 3. The minimum atomic E-state index is 0.180. The third kappa shape index (κ3) is 2.03. The van der Waals surface area contributed by atoms with Crippen molar-refractivity contribution in [1.29, 1.82) is 0 Å². The number of thiazole rings is 1. The summed E-state index contributed by atoms with van der Waals surface area (Å²) in [5.74, 6) is 0.